The smallest absolute Gasteiger partial charge is 0.340 e. The van der Waals surface area contributed by atoms with Gasteiger partial charge in [0.05, 0.1) is 12.0 Å². The molecule has 0 spiro atoms. The molecule has 0 saturated carbocycles. The van der Waals surface area contributed by atoms with E-state index < -0.39 is 37.2 Å². The zero-order valence-corrected chi connectivity index (χ0v) is 11.0. The lowest BCUT2D eigenvalue weighted by Crippen LogP contribution is -2.38. The van der Waals surface area contributed by atoms with Gasteiger partial charge in [-0.05, 0) is 25.7 Å². The van der Waals surface area contributed by atoms with E-state index >= 15 is 0 Å². The molecule has 3 unspecified atom stereocenters. The minimum atomic E-state index is -5.05. The number of carboxylic acid groups (broad SMARTS) is 2. The summed E-state index contributed by atoms with van der Waals surface area (Å²) in [6.45, 7) is 0.449. The largest absolute Gasteiger partial charge is 0.481 e. The number of carbonyl (C=O) groups is 2. The third kappa shape index (κ3) is 4.58. The molecule has 110 valence electrons. The molecule has 3 atom stereocenters. The molecule has 0 radical (unpaired) electrons. The molecule has 4 N–H and O–H groups in total. The highest BCUT2D eigenvalue weighted by Crippen LogP contribution is 2.46. The van der Waals surface area contributed by atoms with Gasteiger partial charge in [0.15, 0.2) is 5.66 Å². The number of carboxylic acids is 2. The van der Waals surface area contributed by atoms with Gasteiger partial charge in [-0.15, -0.1) is 0 Å². The van der Waals surface area contributed by atoms with Crippen LogP contribution in [0.15, 0.2) is 0 Å². The summed E-state index contributed by atoms with van der Waals surface area (Å²) in [6.07, 6.45) is 1.55. The van der Waals surface area contributed by atoms with Crippen LogP contribution >= 0.6 is 7.60 Å². The third-order valence-electron chi connectivity index (χ3n) is 3.10. The van der Waals surface area contributed by atoms with E-state index in [1.807, 2.05) is 0 Å². The Morgan fingerprint density at radius 1 is 1.21 bits per heavy atom. The number of aliphatic carboxylic acids is 2. The molecule has 1 rings (SSSR count). The maximum absolute atomic E-state index is 11.2. The molecule has 0 aromatic carbocycles. The summed E-state index contributed by atoms with van der Waals surface area (Å²) in [5.74, 6) is -5.01. The molecule has 0 amide bonds. The van der Waals surface area contributed by atoms with Crippen molar-refractivity contribution in [1.29, 1.82) is 0 Å². The first-order chi connectivity index (χ1) is 8.73. The van der Waals surface area contributed by atoms with E-state index in [2.05, 4.69) is 0 Å². The maximum Gasteiger partial charge on any atom is 0.340 e. The molecule has 1 heterocycles. The zero-order valence-electron chi connectivity index (χ0n) is 10.1. The molecule has 1 aliphatic rings. The van der Waals surface area contributed by atoms with Crippen LogP contribution in [-0.4, -0.2) is 50.3 Å². The van der Waals surface area contributed by atoms with Gasteiger partial charge in [-0.2, -0.15) is 0 Å². The second-order valence-corrected chi connectivity index (χ2v) is 6.28. The summed E-state index contributed by atoms with van der Waals surface area (Å²) >= 11 is 0. The van der Waals surface area contributed by atoms with Crippen LogP contribution in [0.5, 0.6) is 0 Å². The van der Waals surface area contributed by atoms with Crippen molar-refractivity contribution in [3.05, 3.63) is 0 Å². The van der Waals surface area contributed by atoms with Crippen molar-refractivity contribution in [1.82, 2.24) is 0 Å². The van der Waals surface area contributed by atoms with Gasteiger partial charge in [0.25, 0.3) is 0 Å². The number of hydrogen-bond donors (Lipinski definition) is 4. The minimum Gasteiger partial charge on any atom is -0.481 e. The van der Waals surface area contributed by atoms with Crippen LogP contribution in [0.2, 0.25) is 0 Å². The second-order valence-electron chi connectivity index (χ2n) is 4.54. The fourth-order valence-corrected chi connectivity index (χ4v) is 3.20. The van der Waals surface area contributed by atoms with Crippen molar-refractivity contribution in [3.63, 3.8) is 0 Å². The topological polar surface area (TPSA) is 141 Å². The van der Waals surface area contributed by atoms with Crippen LogP contribution in [0, 0.1) is 5.92 Å². The molecule has 9 heteroatoms. The van der Waals surface area contributed by atoms with Gasteiger partial charge in [-0.25, -0.2) is 0 Å². The van der Waals surface area contributed by atoms with Gasteiger partial charge in [0.2, 0.25) is 0 Å². The SMILES string of the molecule is O=C(O)C(CC1CCCCO1)C(C(=O)O)P(=O)(O)O. The molecule has 0 bridgehead atoms. The predicted molar refractivity (Wildman–Crippen MR) is 62.8 cm³/mol. The molecule has 0 aromatic rings. The number of rotatable bonds is 6. The molecule has 0 aliphatic carbocycles. The summed E-state index contributed by atoms with van der Waals surface area (Å²) < 4.78 is 16.5. The molecular weight excluding hydrogens is 279 g/mol. The Morgan fingerprint density at radius 2 is 1.84 bits per heavy atom. The second kappa shape index (κ2) is 6.47. The van der Waals surface area contributed by atoms with Crippen molar-refractivity contribution in [3.8, 4) is 0 Å². The monoisotopic (exact) mass is 296 g/mol. The molecule has 19 heavy (non-hydrogen) atoms. The quantitative estimate of drug-likeness (QED) is 0.512. The van der Waals surface area contributed by atoms with E-state index in [1.54, 1.807) is 0 Å². The lowest BCUT2D eigenvalue weighted by Gasteiger charge is -2.28. The van der Waals surface area contributed by atoms with E-state index in [1.165, 1.54) is 0 Å². The van der Waals surface area contributed by atoms with Gasteiger partial charge < -0.3 is 24.7 Å². The van der Waals surface area contributed by atoms with Gasteiger partial charge >= 0.3 is 19.5 Å². The summed E-state index contributed by atoms with van der Waals surface area (Å²) in [5, 5.41) is 17.9. The Labute approximate surface area is 109 Å². The Kier molecular flexibility index (Phi) is 5.49. The van der Waals surface area contributed by atoms with E-state index in [0.29, 0.717) is 13.0 Å². The predicted octanol–water partition coefficient (Wildman–Crippen LogP) is 0.277. The van der Waals surface area contributed by atoms with Crippen LogP contribution in [0.1, 0.15) is 25.7 Å². The standard InChI is InChI=1S/C10H17O8P/c11-9(12)7(5-6-3-1-2-4-18-6)8(10(13)14)19(15,16)17/h6-8H,1-5H2,(H,11,12)(H,13,14)(H2,15,16,17). The van der Waals surface area contributed by atoms with Crippen LogP contribution in [0.25, 0.3) is 0 Å². The van der Waals surface area contributed by atoms with E-state index in [4.69, 9.17) is 24.7 Å². The van der Waals surface area contributed by atoms with Crippen molar-refractivity contribution < 1.29 is 38.9 Å². The Balaban J connectivity index is 2.88. The number of hydrogen-bond acceptors (Lipinski definition) is 4. The summed E-state index contributed by atoms with van der Waals surface area (Å²) in [7, 11) is -5.05. The first kappa shape index (κ1) is 16.1. The van der Waals surface area contributed by atoms with Crippen molar-refractivity contribution >= 4 is 19.5 Å². The van der Waals surface area contributed by atoms with Gasteiger partial charge in [-0.1, -0.05) is 0 Å². The lowest BCUT2D eigenvalue weighted by atomic mass is 9.94. The van der Waals surface area contributed by atoms with Crippen LogP contribution in [-0.2, 0) is 18.9 Å². The maximum atomic E-state index is 11.2. The van der Waals surface area contributed by atoms with Crippen LogP contribution in [0.3, 0.4) is 0 Å². The highest BCUT2D eigenvalue weighted by molar-refractivity contribution is 7.53. The molecule has 1 aliphatic heterocycles. The molecule has 8 nitrogen and oxygen atoms in total. The van der Waals surface area contributed by atoms with Crippen LogP contribution < -0.4 is 0 Å². The minimum absolute atomic E-state index is 0.211. The van der Waals surface area contributed by atoms with E-state index in [9.17, 15) is 14.2 Å². The number of ether oxygens (including phenoxy) is 1. The fourth-order valence-electron chi connectivity index (χ4n) is 2.19. The normalized spacial score (nSPS) is 23.6. The first-order valence-electron chi connectivity index (χ1n) is 5.86. The Morgan fingerprint density at radius 3 is 2.21 bits per heavy atom. The molecule has 1 fully saturated rings. The highest BCUT2D eigenvalue weighted by Gasteiger charge is 2.47. The van der Waals surface area contributed by atoms with Crippen molar-refractivity contribution in [2.45, 2.75) is 37.4 Å². The average Bonchev–Trinajstić information content (AvgIpc) is 2.27. The highest BCUT2D eigenvalue weighted by atomic mass is 31.2. The molecule has 0 aromatic heterocycles. The fraction of sp³-hybridized carbons (Fsp3) is 0.800. The summed E-state index contributed by atoms with van der Waals surface area (Å²) in [5.41, 5.74) is -2.24. The zero-order chi connectivity index (χ0) is 14.6. The van der Waals surface area contributed by atoms with E-state index in [0.717, 1.165) is 12.8 Å². The Hall–Kier alpha value is -0.950. The van der Waals surface area contributed by atoms with E-state index in [-0.39, 0.29) is 6.42 Å². The van der Waals surface area contributed by atoms with Gasteiger partial charge in [-0.3, -0.25) is 14.2 Å². The molecular formula is C10H17O8P. The Bertz CT molecular complexity index is 383. The van der Waals surface area contributed by atoms with Crippen molar-refractivity contribution in [2.24, 2.45) is 5.92 Å². The molecule has 1 saturated heterocycles. The third-order valence-corrected chi connectivity index (χ3v) is 4.41. The van der Waals surface area contributed by atoms with Crippen LogP contribution in [0.4, 0.5) is 0 Å². The lowest BCUT2D eigenvalue weighted by molar-refractivity contribution is -0.150. The van der Waals surface area contributed by atoms with Gasteiger partial charge in [0, 0.05) is 6.61 Å². The first-order valence-corrected chi connectivity index (χ1v) is 7.54. The summed E-state index contributed by atoms with van der Waals surface area (Å²) in [4.78, 5) is 40.1. The average molecular weight is 296 g/mol. The van der Waals surface area contributed by atoms with Gasteiger partial charge in [0.1, 0.15) is 0 Å². The van der Waals surface area contributed by atoms with Crippen molar-refractivity contribution in [2.75, 3.05) is 6.61 Å². The summed E-state index contributed by atoms with van der Waals surface area (Å²) in [6, 6.07) is 0.